The van der Waals surface area contributed by atoms with Gasteiger partial charge in [-0.25, -0.2) is 0 Å². The van der Waals surface area contributed by atoms with Crippen LogP contribution in [0.15, 0.2) is 12.1 Å². The van der Waals surface area contributed by atoms with Crippen molar-refractivity contribution in [2.75, 3.05) is 39.8 Å². The fourth-order valence-electron chi connectivity index (χ4n) is 5.08. The summed E-state index contributed by atoms with van der Waals surface area (Å²) >= 11 is 0. The summed E-state index contributed by atoms with van der Waals surface area (Å²) in [6, 6.07) is 4.29. The highest BCUT2D eigenvalue weighted by atomic mass is 16.2. The van der Waals surface area contributed by atoms with Gasteiger partial charge in [0.1, 0.15) is 5.69 Å². The van der Waals surface area contributed by atoms with E-state index in [9.17, 15) is 9.59 Å². The first kappa shape index (κ1) is 18.5. The molecule has 6 heteroatoms. The third-order valence-electron chi connectivity index (χ3n) is 6.97. The van der Waals surface area contributed by atoms with Crippen molar-refractivity contribution >= 4 is 11.8 Å². The second-order valence-electron chi connectivity index (χ2n) is 8.77. The van der Waals surface area contributed by atoms with Crippen molar-refractivity contribution in [3.8, 4) is 0 Å². The first-order valence-corrected chi connectivity index (χ1v) is 10.4. The van der Waals surface area contributed by atoms with E-state index in [1.54, 1.807) is 0 Å². The van der Waals surface area contributed by atoms with Crippen molar-refractivity contribution in [1.29, 1.82) is 0 Å². The van der Waals surface area contributed by atoms with Gasteiger partial charge in [0.2, 0.25) is 5.91 Å². The molecule has 3 aliphatic rings. The number of carbonyl (C=O) groups excluding carboxylic acids is 2. The van der Waals surface area contributed by atoms with Crippen LogP contribution in [0.1, 0.15) is 55.2 Å². The van der Waals surface area contributed by atoms with Crippen LogP contribution in [0.5, 0.6) is 0 Å². The summed E-state index contributed by atoms with van der Waals surface area (Å²) in [5.41, 5.74) is 2.02. The molecule has 1 aromatic rings. The molecule has 1 atom stereocenters. The number of aryl methyl sites for hydroxylation is 1. The Morgan fingerprint density at radius 1 is 1.22 bits per heavy atom. The number of H-pyrrole nitrogens is 1. The summed E-state index contributed by atoms with van der Waals surface area (Å²) in [6.07, 6.45) is 5.67. The van der Waals surface area contributed by atoms with Gasteiger partial charge < -0.3 is 19.7 Å². The summed E-state index contributed by atoms with van der Waals surface area (Å²) in [5, 5.41) is 0. The monoisotopic (exact) mass is 372 g/mol. The smallest absolute Gasteiger partial charge is 0.270 e. The molecule has 0 unspecified atom stereocenters. The van der Waals surface area contributed by atoms with Crippen LogP contribution in [0, 0.1) is 5.41 Å². The molecule has 148 valence electrons. The van der Waals surface area contributed by atoms with Crippen LogP contribution in [0.2, 0.25) is 0 Å². The van der Waals surface area contributed by atoms with Crippen LogP contribution < -0.4 is 0 Å². The van der Waals surface area contributed by atoms with Crippen molar-refractivity contribution in [1.82, 2.24) is 19.7 Å². The van der Waals surface area contributed by atoms with Gasteiger partial charge in [0.05, 0.1) is 0 Å². The summed E-state index contributed by atoms with van der Waals surface area (Å²) in [4.78, 5) is 35.0. The summed E-state index contributed by atoms with van der Waals surface area (Å²) in [7, 11) is 2.14. The second kappa shape index (κ2) is 7.30. The number of hydrogen-bond acceptors (Lipinski definition) is 3. The Morgan fingerprint density at radius 2 is 2.00 bits per heavy atom. The molecule has 0 bridgehead atoms. The molecule has 0 aliphatic carbocycles. The minimum Gasteiger partial charge on any atom is -0.354 e. The number of likely N-dealkylation sites (N-methyl/N-ethyl adjacent to an activating group) is 1. The first-order chi connectivity index (χ1) is 13.0. The van der Waals surface area contributed by atoms with Crippen molar-refractivity contribution in [2.24, 2.45) is 5.41 Å². The molecule has 4 rings (SSSR count). The largest absolute Gasteiger partial charge is 0.354 e. The van der Waals surface area contributed by atoms with E-state index in [-0.39, 0.29) is 11.3 Å². The van der Waals surface area contributed by atoms with Crippen molar-refractivity contribution in [3.05, 3.63) is 23.5 Å². The lowest BCUT2D eigenvalue weighted by molar-refractivity contribution is -0.141. The second-order valence-corrected chi connectivity index (χ2v) is 8.77. The molecule has 1 N–H and O–H groups in total. The zero-order valence-corrected chi connectivity index (χ0v) is 16.7. The lowest BCUT2D eigenvalue weighted by Crippen LogP contribution is -2.55. The summed E-state index contributed by atoms with van der Waals surface area (Å²) in [5.74, 6) is 0.448. The Morgan fingerprint density at radius 3 is 2.63 bits per heavy atom. The fourth-order valence-corrected chi connectivity index (χ4v) is 5.08. The average Bonchev–Trinajstić information content (AvgIpc) is 3.33. The predicted octanol–water partition coefficient (Wildman–Crippen LogP) is 2.13. The van der Waals surface area contributed by atoms with Crippen LogP contribution in [-0.4, -0.2) is 77.3 Å². The van der Waals surface area contributed by atoms with Gasteiger partial charge in [-0.05, 0) is 63.2 Å². The maximum atomic E-state index is 12.8. The number of piperidine rings is 2. The van der Waals surface area contributed by atoms with E-state index in [1.807, 2.05) is 17.0 Å². The van der Waals surface area contributed by atoms with E-state index in [2.05, 4.69) is 28.8 Å². The standard InChI is InChI=1S/C21H32N4O2/c1-3-16-4-5-18(22-16)20(27)24-12-9-21(10-13-24)8-6-19(26)25(15-21)17-7-11-23(2)14-17/h4-5,17,22H,3,6-15H2,1-2H3/t17-/m1/s1. The number of nitrogens with zero attached hydrogens (tertiary/aromatic N) is 3. The topological polar surface area (TPSA) is 59.7 Å². The third kappa shape index (κ3) is 3.64. The molecule has 3 saturated heterocycles. The van der Waals surface area contributed by atoms with Crippen LogP contribution in [0.3, 0.4) is 0 Å². The molecule has 6 nitrogen and oxygen atoms in total. The maximum Gasteiger partial charge on any atom is 0.270 e. The molecule has 0 radical (unpaired) electrons. The number of aromatic amines is 1. The zero-order chi connectivity index (χ0) is 19.0. The summed E-state index contributed by atoms with van der Waals surface area (Å²) in [6.45, 7) is 6.65. The number of likely N-dealkylation sites (tertiary alicyclic amines) is 3. The fraction of sp³-hybridized carbons (Fsp3) is 0.714. The van der Waals surface area contributed by atoms with E-state index in [4.69, 9.17) is 0 Å². The lowest BCUT2D eigenvalue weighted by Gasteiger charge is -2.48. The molecule has 0 saturated carbocycles. The quantitative estimate of drug-likeness (QED) is 0.884. The Kier molecular flexibility index (Phi) is 5.01. The lowest BCUT2D eigenvalue weighted by atomic mass is 9.72. The predicted molar refractivity (Wildman–Crippen MR) is 105 cm³/mol. The number of amides is 2. The summed E-state index contributed by atoms with van der Waals surface area (Å²) < 4.78 is 0. The molecule has 1 spiro atoms. The molecule has 27 heavy (non-hydrogen) atoms. The number of nitrogens with one attached hydrogen (secondary N) is 1. The average molecular weight is 373 g/mol. The highest BCUT2D eigenvalue weighted by Crippen LogP contribution is 2.41. The molecule has 3 fully saturated rings. The van der Waals surface area contributed by atoms with Gasteiger partial charge in [0.15, 0.2) is 0 Å². The maximum absolute atomic E-state index is 12.8. The molecular formula is C21H32N4O2. The van der Waals surface area contributed by atoms with E-state index in [1.165, 1.54) is 0 Å². The van der Waals surface area contributed by atoms with Gasteiger partial charge in [0.25, 0.3) is 5.91 Å². The first-order valence-electron chi connectivity index (χ1n) is 10.4. The molecule has 3 aliphatic heterocycles. The molecule has 4 heterocycles. The van der Waals surface area contributed by atoms with Crippen LogP contribution in [0.4, 0.5) is 0 Å². The number of rotatable bonds is 3. The highest BCUT2D eigenvalue weighted by molar-refractivity contribution is 5.92. The van der Waals surface area contributed by atoms with Gasteiger partial charge >= 0.3 is 0 Å². The molecular weight excluding hydrogens is 340 g/mol. The highest BCUT2D eigenvalue weighted by Gasteiger charge is 2.44. The van der Waals surface area contributed by atoms with E-state index in [0.717, 1.165) is 70.5 Å². The van der Waals surface area contributed by atoms with Crippen molar-refractivity contribution in [3.63, 3.8) is 0 Å². The Hall–Kier alpha value is -1.82. The Balaban J connectivity index is 1.38. The normalized spacial score (nSPS) is 26.1. The van der Waals surface area contributed by atoms with Gasteiger partial charge in [-0.2, -0.15) is 0 Å². The third-order valence-corrected chi connectivity index (χ3v) is 6.97. The van der Waals surface area contributed by atoms with Crippen LogP contribution in [0.25, 0.3) is 0 Å². The van der Waals surface area contributed by atoms with E-state index < -0.39 is 0 Å². The SMILES string of the molecule is CCc1ccc(C(=O)N2CCC3(CCC(=O)N([C@@H]4CCN(C)C4)C3)CC2)[nH]1. The van der Waals surface area contributed by atoms with Crippen molar-refractivity contribution < 1.29 is 9.59 Å². The van der Waals surface area contributed by atoms with Gasteiger partial charge in [-0.3, -0.25) is 9.59 Å². The Bertz CT molecular complexity index is 705. The number of aromatic nitrogens is 1. The van der Waals surface area contributed by atoms with Crippen LogP contribution in [-0.2, 0) is 11.2 Å². The van der Waals surface area contributed by atoms with Gasteiger partial charge in [-0.1, -0.05) is 6.92 Å². The minimum atomic E-state index is 0.116. The van der Waals surface area contributed by atoms with Gasteiger partial charge in [0, 0.05) is 44.3 Å². The zero-order valence-electron chi connectivity index (χ0n) is 16.7. The minimum absolute atomic E-state index is 0.116. The van der Waals surface area contributed by atoms with Gasteiger partial charge in [-0.15, -0.1) is 0 Å². The molecule has 2 amide bonds. The van der Waals surface area contributed by atoms with E-state index in [0.29, 0.717) is 24.1 Å². The molecule has 0 aromatic carbocycles. The number of hydrogen-bond donors (Lipinski definition) is 1. The molecule has 1 aromatic heterocycles. The van der Waals surface area contributed by atoms with Crippen LogP contribution >= 0.6 is 0 Å². The van der Waals surface area contributed by atoms with E-state index >= 15 is 0 Å². The Labute approximate surface area is 161 Å². The van der Waals surface area contributed by atoms with Crippen molar-refractivity contribution in [2.45, 2.75) is 51.5 Å². The number of carbonyl (C=O) groups is 2.